The number of aliphatic hydroxyl groups is 1. The standard InChI is InChI=1S/C10H13NO2/c12-7-9-8-3-1-2-4-10(8)13-6-5-11-9/h1-4,9,11-12H,5-7H2. The van der Waals surface area contributed by atoms with Gasteiger partial charge >= 0.3 is 0 Å². The maximum absolute atomic E-state index is 9.14. The van der Waals surface area contributed by atoms with E-state index in [1.807, 2.05) is 24.3 Å². The number of rotatable bonds is 1. The lowest BCUT2D eigenvalue weighted by atomic mass is 10.1. The van der Waals surface area contributed by atoms with Crippen LogP contribution in [0.1, 0.15) is 11.6 Å². The molecule has 3 nitrogen and oxygen atoms in total. The number of hydrogen-bond acceptors (Lipinski definition) is 3. The summed E-state index contributed by atoms with van der Waals surface area (Å²) in [5.74, 6) is 0.881. The van der Waals surface area contributed by atoms with Gasteiger partial charge in [-0.3, -0.25) is 0 Å². The van der Waals surface area contributed by atoms with Crippen LogP contribution in [-0.2, 0) is 0 Å². The molecule has 1 unspecified atom stereocenters. The molecule has 1 aromatic carbocycles. The van der Waals surface area contributed by atoms with Crippen LogP contribution in [0.2, 0.25) is 0 Å². The molecule has 1 aliphatic rings. The molecule has 2 rings (SSSR count). The summed E-state index contributed by atoms with van der Waals surface area (Å²) in [6, 6.07) is 7.83. The Labute approximate surface area is 77.3 Å². The van der Waals surface area contributed by atoms with Crippen molar-refractivity contribution in [3.05, 3.63) is 29.8 Å². The van der Waals surface area contributed by atoms with Crippen molar-refractivity contribution in [2.45, 2.75) is 6.04 Å². The molecular formula is C10H13NO2. The Morgan fingerprint density at radius 3 is 3.15 bits per heavy atom. The van der Waals surface area contributed by atoms with Crippen LogP contribution < -0.4 is 10.1 Å². The van der Waals surface area contributed by atoms with Gasteiger partial charge in [-0.05, 0) is 6.07 Å². The molecule has 0 bridgehead atoms. The maximum Gasteiger partial charge on any atom is 0.124 e. The summed E-state index contributed by atoms with van der Waals surface area (Å²) in [7, 11) is 0. The number of nitrogens with one attached hydrogen (secondary N) is 1. The summed E-state index contributed by atoms with van der Waals surface area (Å²) in [6.07, 6.45) is 0. The lowest BCUT2D eigenvalue weighted by Crippen LogP contribution is -2.25. The van der Waals surface area contributed by atoms with E-state index in [0.717, 1.165) is 17.9 Å². The minimum atomic E-state index is 0.0127. The third-order valence-corrected chi connectivity index (χ3v) is 2.23. The van der Waals surface area contributed by atoms with Gasteiger partial charge in [-0.25, -0.2) is 0 Å². The highest BCUT2D eigenvalue weighted by molar-refractivity contribution is 5.36. The fourth-order valence-corrected chi connectivity index (χ4v) is 1.57. The molecular weight excluding hydrogens is 166 g/mol. The number of benzene rings is 1. The van der Waals surface area contributed by atoms with Crippen molar-refractivity contribution >= 4 is 0 Å². The number of ether oxygens (including phenoxy) is 1. The van der Waals surface area contributed by atoms with Crippen LogP contribution in [0.4, 0.5) is 0 Å². The second-order valence-electron chi connectivity index (χ2n) is 3.08. The normalized spacial score (nSPS) is 21.5. The molecule has 0 radical (unpaired) electrons. The fourth-order valence-electron chi connectivity index (χ4n) is 1.57. The molecule has 0 amide bonds. The van der Waals surface area contributed by atoms with E-state index in [-0.39, 0.29) is 12.6 Å². The van der Waals surface area contributed by atoms with Crippen LogP contribution in [0.3, 0.4) is 0 Å². The summed E-state index contributed by atoms with van der Waals surface area (Å²) in [6.45, 7) is 1.55. The van der Waals surface area contributed by atoms with Gasteiger partial charge in [0.1, 0.15) is 12.4 Å². The number of para-hydroxylation sites is 1. The van der Waals surface area contributed by atoms with Crippen LogP contribution in [0.5, 0.6) is 5.75 Å². The first-order valence-electron chi connectivity index (χ1n) is 4.48. The van der Waals surface area contributed by atoms with Gasteiger partial charge in [0, 0.05) is 12.1 Å². The third kappa shape index (κ3) is 1.66. The largest absolute Gasteiger partial charge is 0.492 e. The summed E-state index contributed by atoms with van der Waals surface area (Å²) in [5, 5.41) is 12.4. The van der Waals surface area contributed by atoms with Crippen LogP contribution in [0.15, 0.2) is 24.3 Å². The topological polar surface area (TPSA) is 41.5 Å². The fraction of sp³-hybridized carbons (Fsp3) is 0.400. The molecule has 1 heterocycles. The van der Waals surface area contributed by atoms with E-state index in [1.165, 1.54) is 0 Å². The van der Waals surface area contributed by atoms with E-state index < -0.39 is 0 Å². The third-order valence-electron chi connectivity index (χ3n) is 2.23. The Hall–Kier alpha value is -1.06. The van der Waals surface area contributed by atoms with Gasteiger partial charge < -0.3 is 15.2 Å². The van der Waals surface area contributed by atoms with Crippen molar-refractivity contribution < 1.29 is 9.84 Å². The Morgan fingerprint density at radius 2 is 2.31 bits per heavy atom. The van der Waals surface area contributed by atoms with Crippen molar-refractivity contribution in [2.24, 2.45) is 0 Å². The molecule has 70 valence electrons. The molecule has 1 aromatic rings. The highest BCUT2D eigenvalue weighted by Gasteiger charge is 2.17. The molecule has 0 spiro atoms. The minimum absolute atomic E-state index is 0.0127. The highest BCUT2D eigenvalue weighted by atomic mass is 16.5. The van der Waals surface area contributed by atoms with Gasteiger partial charge in [-0.2, -0.15) is 0 Å². The monoisotopic (exact) mass is 179 g/mol. The lowest BCUT2D eigenvalue weighted by molar-refractivity contribution is 0.245. The van der Waals surface area contributed by atoms with Crippen LogP contribution in [0, 0.1) is 0 Å². The molecule has 0 aliphatic carbocycles. The average Bonchev–Trinajstić information content (AvgIpc) is 2.39. The van der Waals surface area contributed by atoms with Gasteiger partial charge in [0.25, 0.3) is 0 Å². The van der Waals surface area contributed by atoms with E-state index >= 15 is 0 Å². The van der Waals surface area contributed by atoms with Gasteiger partial charge in [0.2, 0.25) is 0 Å². The smallest absolute Gasteiger partial charge is 0.124 e. The Balaban J connectivity index is 2.35. The SMILES string of the molecule is OCC1NCCOc2ccccc21. The second kappa shape index (κ2) is 3.77. The van der Waals surface area contributed by atoms with Gasteiger partial charge in [0.15, 0.2) is 0 Å². The molecule has 1 aliphatic heterocycles. The summed E-state index contributed by atoms with van der Waals surface area (Å²) < 4.78 is 5.51. The molecule has 3 heteroatoms. The zero-order valence-corrected chi connectivity index (χ0v) is 7.36. The van der Waals surface area contributed by atoms with Crippen molar-refractivity contribution in [2.75, 3.05) is 19.8 Å². The molecule has 0 fully saturated rings. The van der Waals surface area contributed by atoms with E-state index in [1.54, 1.807) is 0 Å². The Kier molecular flexibility index (Phi) is 2.47. The summed E-state index contributed by atoms with van der Waals surface area (Å²) in [5.41, 5.74) is 1.04. The summed E-state index contributed by atoms with van der Waals surface area (Å²) in [4.78, 5) is 0. The first-order chi connectivity index (χ1) is 6.42. The number of fused-ring (bicyclic) bond motifs is 1. The second-order valence-corrected chi connectivity index (χ2v) is 3.08. The molecule has 0 saturated heterocycles. The van der Waals surface area contributed by atoms with E-state index in [0.29, 0.717) is 6.61 Å². The quantitative estimate of drug-likeness (QED) is 0.667. The molecule has 0 saturated carbocycles. The van der Waals surface area contributed by atoms with E-state index in [2.05, 4.69) is 5.32 Å². The van der Waals surface area contributed by atoms with Crippen LogP contribution in [-0.4, -0.2) is 24.9 Å². The average molecular weight is 179 g/mol. The number of aliphatic hydroxyl groups excluding tert-OH is 1. The molecule has 2 N–H and O–H groups in total. The molecule has 1 atom stereocenters. The molecule has 13 heavy (non-hydrogen) atoms. The Morgan fingerprint density at radius 1 is 1.46 bits per heavy atom. The predicted octanol–water partition coefficient (Wildman–Crippen LogP) is 0.702. The highest BCUT2D eigenvalue weighted by Crippen LogP contribution is 2.26. The van der Waals surface area contributed by atoms with Gasteiger partial charge in [0.05, 0.1) is 12.6 Å². The minimum Gasteiger partial charge on any atom is -0.492 e. The first kappa shape index (κ1) is 8.53. The lowest BCUT2D eigenvalue weighted by Gasteiger charge is -2.13. The van der Waals surface area contributed by atoms with Crippen molar-refractivity contribution in [3.8, 4) is 5.75 Å². The van der Waals surface area contributed by atoms with Crippen LogP contribution >= 0.6 is 0 Å². The van der Waals surface area contributed by atoms with Crippen molar-refractivity contribution in [3.63, 3.8) is 0 Å². The zero-order valence-electron chi connectivity index (χ0n) is 7.36. The van der Waals surface area contributed by atoms with E-state index in [4.69, 9.17) is 9.84 Å². The maximum atomic E-state index is 9.14. The zero-order chi connectivity index (χ0) is 9.10. The first-order valence-corrected chi connectivity index (χ1v) is 4.48. The Bertz CT molecular complexity index is 288. The summed E-state index contributed by atoms with van der Waals surface area (Å²) >= 11 is 0. The van der Waals surface area contributed by atoms with Crippen LogP contribution in [0.25, 0.3) is 0 Å². The van der Waals surface area contributed by atoms with E-state index in [9.17, 15) is 0 Å². The molecule has 0 aromatic heterocycles. The van der Waals surface area contributed by atoms with Gasteiger partial charge in [-0.15, -0.1) is 0 Å². The van der Waals surface area contributed by atoms with Crippen molar-refractivity contribution in [1.29, 1.82) is 0 Å². The van der Waals surface area contributed by atoms with Gasteiger partial charge in [-0.1, -0.05) is 18.2 Å². The predicted molar refractivity (Wildman–Crippen MR) is 49.8 cm³/mol. The number of hydrogen-bond donors (Lipinski definition) is 2. The van der Waals surface area contributed by atoms with Crippen molar-refractivity contribution in [1.82, 2.24) is 5.32 Å².